The van der Waals surface area contributed by atoms with Gasteiger partial charge in [0.15, 0.2) is 0 Å². The topological polar surface area (TPSA) is 38.1 Å². The molecule has 1 N–H and O–H groups in total. The molecule has 17 heavy (non-hydrogen) atoms. The van der Waals surface area contributed by atoms with Crippen molar-refractivity contribution in [3.63, 3.8) is 0 Å². The second-order valence-electron chi connectivity index (χ2n) is 4.02. The lowest BCUT2D eigenvalue weighted by molar-refractivity contribution is 0.432. The molecule has 0 amide bonds. The van der Waals surface area contributed by atoms with E-state index in [2.05, 4.69) is 17.2 Å². The second-order valence-corrected chi connectivity index (χ2v) is 4.46. The molecule has 1 atom stereocenters. The maximum atomic E-state index is 5.95. The van der Waals surface area contributed by atoms with Gasteiger partial charge in [-0.1, -0.05) is 23.7 Å². The third kappa shape index (κ3) is 3.32. The van der Waals surface area contributed by atoms with E-state index in [1.54, 1.807) is 6.20 Å². The fourth-order valence-corrected chi connectivity index (χ4v) is 1.82. The minimum Gasteiger partial charge on any atom is -0.445 e. The van der Waals surface area contributed by atoms with Crippen LogP contribution in [0.3, 0.4) is 0 Å². The molecule has 2 aromatic rings. The molecule has 3 nitrogen and oxygen atoms in total. The molecule has 0 aliphatic heterocycles. The molecule has 2 rings (SSSR count). The number of hydrogen-bond donors (Lipinski definition) is 1. The van der Waals surface area contributed by atoms with Gasteiger partial charge in [0.1, 0.15) is 5.76 Å². The van der Waals surface area contributed by atoms with Crippen molar-refractivity contribution in [2.75, 3.05) is 0 Å². The van der Waals surface area contributed by atoms with E-state index in [-0.39, 0.29) is 6.04 Å². The molecule has 0 radical (unpaired) electrons. The van der Waals surface area contributed by atoms with Crippen LogP contribution in [0.2, 0.25) is 5.02 Å². The van der Waals surface area contributed by atoms with Crippen LogP contribution in [0.5, 0.6) is 0 Å². The molecule has 4 heteroatoms. The number of rotatable bonds is 4. The van der Waals surface area contributed by atoms with Crippen LogP contribution in [0.1, 0.15) is 30.2 Å². The first-order valence-electron chi connectivity index (χ1n) is 5.55. The van der Waals surface area contributed by atoms with Crippen molar-refractivity contribution in [2.24, 2.45) is 0 Å². The fraction of sp³-hybridized carbons (Fsp3) is 0.308. The predicted molar refractivity (Wildman–Crippen MR) is 67.9 cm³/mol. The Morgan fingerprint density at radius 2 is 2.29 bits per heavy atom. The molecule has 1 heterocycles. The van der Waals surface area contributed by atoms with Crippen molar-refractivity contribution in [1.82, 2.24) is 10.3 Å². The first kappa shape index (κ1) is 12.1. The first-order chi connectivity index (χ1) is 8.15. The van der Waals surface area contributed by atoms with Crippen molar-refractivity contribution in [3.05, 3.63) is 52.7 Å². The molecule has 0 bridgehead atoms. The summed E-state index contributed by atoms with van der Waals surface area (Å²) in [6.45, 7) is 4.58. The van der Waals surface area contributed by atoms with E-state index in [1.807, 2.05) is 31.2 Å². The Bertz CT molecular complexity index is 496. The fourth-order valence-electron chi connectivity index (χ4n) is 1.62. The van der Waals surface area contributed by atoms with E-state index in [0.29, 0.717) is 12.4 Å². The summed E-state index contributed by atoms with van der Waals surface area (Å²) in [5, 5.41) is 4.09. The summed E-state index contributed by atoms with van der Waals surface area (Å²) in [7, 11) is 0. The van der Waals surface area contributed by atoms with E-state index in [4.69, 9.17) is 16.0 Å². The summed E-state index contributed by atoms with van der Waals surface area (Å²) < 4.78 is 5.39. The monoisotopic (exact) mass is 250 g/mol. The molecular weight excluding hydrogens is 236 g/mol. The zero-order valence-corrected chi connectivity index (χ0v) is 10.7. The van der Waals surface area contributed by atoms with Crippen LogP contribution in [0, 0.1) is 6.92 Å². The Morgan fingerprint density at radius 1 is 1.47 bits per heavy atom. The van der Waals surface area contributed by atoms with E-state index in [0.717, 1.165) is 16.3 Å². The SMILES string of the molecule is Cc1cnc(CNC(C)c2cccc(Cl)c2)o1. The zero-order valence-electron chi connectivity index (χ0n) is 9.90. The Kier molecular flexibility index (Phi) is 3.82. The summed E-state index contributed by atoms with van der Waals surface area (Å²) >= 11 is 5.95. The Hall–Kier alpha value is -1.32. The highest BCUT2D eigenvalue weighted by Crippen LogP contribution is 2.17. The summed E-state index contributed by atoms with van der Waals surface area (Å²) in [5.41, 5.74) is 1.15. The number of nitrogens with one attached hydrogen (secondary N) is 1. The standard InChI is InChI=1S/C13H15ClN2O/c1-9-7-16-13(17-9)8-15-10(2)11-4-3-5-12(14)6-11/h3-7,10,15H,8H2,1-2H3. The van der Waals surface area contributed by atoms with Gasteiger partial charge in [0.25, 0.3) is 0 Å². The third-order valence-electron chi connectivity index (χ3n) is 2.58. The molecular formula is C13H15ClN2O. The minimum atomic E-state index is 0.209. The number of aryl methyl sites for hydroxylation is 1. The number of halogens is 1. The lowest BCUT2D eigenvalue weighted by Crippen LogP contribution is -2.18. The van der Waals surface area contributed by atoms with Crippen LogP contribution < -0.4 is 5.32 Å². The second kappa shape index (κ2) is 5.34. The van der Waals surface area contributed by atoms with Crippen LogP contribution in [0.25, 0.3) is 0 Å². The first-order valence-corrected chi connectivity index (χ1v) is 5.93. The van der Waals surface area contributed by atoms with Crippen LogP contribution in [-0.4, -0.2) is 4.98 Å². The summed E-state index contributed by atoms with van der Waals surface area (Å²) in [6.07, 6.45) is 1.72. The van der Waals surface area contributed by atoms with Crippen LogP contribution >= 0.6 is 11.6 Å². The maximum absolute atomic E-state index is 5.95. The Labute approximate surface area is 106 Å². The summed E-state index contributed by atoms with van der Waals surface area (Å²) in [6, 6.07) is 8.03. The molecule has 1 aromatic heterocycles. The average molecular weight is 251 g/mol. The molecule has 0 spiro atoms. The Balaban J connectivity index is 1.95. The van der Waals surface area contributed by atoms with Gasteiger partial charge in [-0.15, -0.1) is 0 Å². The lowest BCUT2D eigenvalue weighted by Gasteiger charge is -2.13. The van der Waals surface area contributed by atoms with Gasteiger partial charge in [0.2, 0.25) is 5.89 Å². The summed E-state index contributed by atoms with van der Waals surface area (Å²) in [4.78, 5) is 4.14. The van der Waals surface area contributed by atoms with Crippen LogP contribution in [-0.2, 0) is 6.54 Å². The van der Waals surface area contributed by atoms with Gasteiger partial charge >= 0.3 is 0 Å². The highest BCUT2D eigenvalue weighted by molar-refractivity contribution is 6.30. The van der Waals surface area contributed by atoms with E-state index < -0.39 is 0 Å². The highest BCUT2D eigenvalue weighted by atomic mass is 35.5. The van der Waals surface area contributed by atoms with Gasteiger partial charge in [-0.3, -0.25) is 0 Å². The Morgan fingerprint density at radius 3 is 2.94 bits per heavy atom. The highest BCUT2D eigenvalue weighted by Gasteiger charge is 2.07. The number of aromatic nitrogens is 1. The number of benzene rings is 1. The third-order valence-corrected chi connectivity index (χ3v) is 2.81. The molecule has 90 valence electrons. The van der Waals surface area contributed by atoms with Crippen molar-refractivity contribution >= 4 is 11.6 Å². The molecule has 0 saturated carbocycles. The molecule has 0 fully saturated rings. The minimum absolute atomic E-state index is 0.209. The van der Waals surface area contributed by atoms with Gasteiger partial charge in [0, 0.05) is 11.1 Å². The number of oxazole rings is 1. The van der Waals surface area contributed by atoms with Gasteiger partial charge in [0.05, 0.1) is 12.7 Å². The van der Waals surface area contributed by atoms with Gasteiger partial charge < -0.3 is 9.73 Å². The molecule has 0 saturated heterocycles. The van der Waals surface area contributed by atoms with Crippen molar-refractivity contribution in [1.29, 1.82) is 0 Å². The molecule has 1 aromatic carbocycles. The van der Waals surface area contributed by atoms with Crippen molar-refractivity contribution in [2.45, 2.75) is 26.4 Å². The zero-order chi connectivity index (χ0) is 12.3. The van der Waals surface area contributed by atoms with Gasteiger partial charge in [-0.05, 0) is 31.5 Å². The molecule has 0 aliphatic rings. The van der Waals surface area contributed by atoms with Crippen LogP contribution in [0.4, 0.5) is 0 Å². The smallest absolute Gasteiger partial charge is 0.208 e. The number of hydrogen-bond acceptors (Lipinski definition) is 3. The van der Waals surface area contributed by atoms with E-state index in [9.17, 15) is 0 Å². The van der Waals surface area contributed by atoms with E-state index >= 15 is 0 Å². The number of nitrogens with zero attached hydrogens (tertiary/aromatic N) is 1. The van der Waals surface area contributed by atoms with Crippen molar-refractivity contribution in [3.8, 4) is 0 Å². The largest absolute Gasteiger partial charge is 0.445 e. The summed E-state index contributed by atoms with van der Waals surface area (Å²) in [5.74, 6) is 1.54. The predicted octanol–water partition coefficient (Wildman–Crippen LogP) is 3.49. The van der Waals surface area contributed by atoms with Crippen molar-refractivity contribution < 1.29 is 4.42 Å². The molecule has 0 aliphatic carbocycles. The quantitative estimate of drug-likeness (QED) is 0.903. The van der Waals surface area contributed by atoms with Crippen LogP contribution in [0.15, 0.2) is 34.9 Å². The van der Waals surface area contributed by atoms with Gasteiger partial charge in [-0.2, -0.15) is 0 Å². The van der Waals surface area contributed by atoms with E-state index in [1.165, 1.54) is 0 Å². The normalized spacial score (nSPS) is 12.6. The maximum Gasteiger partial charge on any atom is 0.208 e. The average Bonchev–Trinajstić information content (AvgIpc) is 2.72. The van der Waals surface area contributed by atoms with Gasteiger partial charge in [-0.25, -0.2) is 4.98 Å². The lowest BCUT2D eigenvalue weighted by atomic mass is 10.1. The molecule has 1 unspecified atom stereocenters.